The second-order valence-corrected chi connectivity index (χ2v) is 3.79. The summed E-state index contributed by atoms with van der Waals surface area (Å²) in [6, 6.07) is 4.82. The summed E-state index contributed by atoms with van der Waals surface area (Å²) >= 11 is 0. The molecule has 19 heavy (non-hydrogen) atoms. The first-order chi connectivity index (χ1) is 8.93. The van der Waals surface area contributed by atoms with E-state index in [9.17, 15) is 18.0 Å². The van der Waals surface area contributed by atoms with Crippen LogP contribution >= 0.6 is 0 Å². The zero-order valence-corrected chi connectivity index (χ0v) is 10.3. The van der Waals surface area contributed by atoms with E-state index in [0.29, 0.717) is 12.0 Å². The molecule has 0 aliphatic rings. The fourth-order valence-corrected chi connectivity index (χ4v) is 1.38. The molecule has 104 valence electrons. The molecule has 0 bridgehead atoms. The molecule has 1 N–H and O–H groups in total. The van der Waals surface area contributed by atoms with Gasteiger partial charge in [0.2, 0.25) is 5.91 Å². The van der Waals surface area contributed by atoms with Crippen molar-refractivity contribution in [3.05, 3.63) is 41.5 Å². The molecular formula is C13H14F3NO2. The van der Waals surface area contributed by atoms with Gasteiger partial charge in [0.25, 0.3) is 0 Å². The van der Waals surface area contributed by atoms with Gasteiger partial charge in [-0.15, -0.1) is 0 Å². The van der Waals surface area contributed by atoms with E-state index in [-0.39, 0.29) is 12.3 Å². The molecule has 0 saturated heterocycles. The summed E-state index contributed by atoms with van der Waals surface area (Å²) in [4.78, 5) is 15.4. The maximum Gasteiger partial charge on any atom is 0.416 e. The highest BCUT2D eigenvalue weighted by molar-refractivity contribution is 5.75. The number of benzene rings is 1. The summed E-state index contributed by atoms with van der Waals surface area (Å²) in [6.07, 6.45) is -0.195. The standard InChI is InChI=1S/C13H14F3NO2/c1-19-17-12(18)5-3-2-4-10-6-8-11(9-7-10)13(14,15)16/h2,4,6-9H,3,5H2,1H3,(H,17,18)/b4-2+. The minimum absolute atomic E-state index is 0.250. The third-order valence-electron chi connectivity index (χ3n) is 2.30. The van der Waals surface area contributed by atoms with E-state index in [0.717, 1.165) is 12.1 Å². The Hall–Kier alpha value is -1.82. The Morgan fingerprint density at radius 1 is 1.32 bits per heavy atom. The van der Waals surface area contributed by atoms with Gasteiger partial charge in [0, 0.05) is 6.42 Å². The predicted octanol–water partition coefficient (Wildman–Crippen LogP) is 3.18. The Kier molecular flexibility index (Phi) is 5.57. The van der Waals surface area contributed by atoms with E-state index >= 15 is 0 Å². The Balaban J connectivity index is 2.47. The van der Waals surface area contributed by atoms with Crippen molar-refractivity contribution in [3.8, 4) is 0 Å². The number of carbonyl (C=O) groups excluding carboxylic acids is 1. The van der Waals surface area contributed by atoms with Crippen LogP contribution in [0, 0.1) is 0 Å². The molecule has 0 aliphatic heterocycles. The molecule has 0 spiro atoms. The highest BCUT2D eigenvalue weighted by atomic mass is 19.4. The van der Waals surface area contributed by atoms with E-state index in [1.54, 1.807) is 12.2 Å². The van der Waals surface area contributed by atoms with E-state index in [1.807, 2.05) is 0 Å². The highest BCUT2D eigenvalue weighted by Crippen LogP contribution is 2.29. The van der Waals surface area contributed by atoms with Gasteiger partial charge >= 0.3 is 6.18 Å². The molecule has 0 unspecified atom stereocenters. The molecule has 0 aliphatic carbocycles. The van der Waals surface area contributed by atoms with Gasteiger partial charge in [-0.1, -0.05) is 24.3 Å². The smallest absolute Gasteiger partial charge is 0.277 e. The average Bonchev–Trinajstić information content (AvgIpc) is 2.34. The number of amides is 1. The van der Waals surface area contributed by atoms with Crippen LogP contribution in [0.1, 0.15) is 24.0 Å². The van der Waals surface area contributed by atoms with Crippen LogP contribution < -0.4 is 5.48 Å². The SMILES string of the molecule is CONC(=O)CC/C=C/c1ccc(C(F)(F)F)cc1. The van der Waals surface area contributed by atoms with Crippen molar-refractivity contribution in [2.45, 2.75) is 19.0 Å². The van der Waals surface area contributed by atoms with Crippen molar-refractivity contribution >= 4 is 12.0 Å². The number of rotatable bonds is 5. The second-order valence-electron chi connectivity index (χ2n) is 3.79. The van der Waals surface area contributed by atoms with Gasteiger partial charge in [0.05, 0.1) is 12.7 Å². The first kappa shape index (κ1) is 15.2. The topological polar surface area (TPSA) is 38.3 Å². The number of alkyl halides is 3. The highest BCUT2D eigenvalue weighted by Gasteiger charge is 2.29. The van der Waals surface area contributed by atoms with Gasteiger partial charge in [-0.2, -0.15) is 13.2 Å². The van der Waals surface area contributed by atoms with Crippen LogP contribution in [-0.4, -0.2) is 13.0 Å². The minimum Gasteiger partial charge on any atom is -0.277 e. The summed E-state index contributed by atoms with van der Waals surface area (Å²) in [6.45, 7) is 0. The number of carbonyl (C=O) groups is 1. The van der Waals surface area contributed by atoms with Gasteiger partial charge in [0.15, 0.2) is 0 Å². The van der Waals surface area contributed by atoms with Crippen LogP contribution in [0.15, 0.2) is 30.3 Å². The van der Waals surface area contributed by atoms with Gasteiger partial charge < -0.3 is 0 Å². The van der Waals surface area contributed by atoms with E-state index in [4.69, 9.17) is 0 Å². The fraction of sp³-hybridized carbons (Fsp3) is 0.308. The number of allylic oxidation sites excluding steroid dienone is 1. The Labute approximate surface area is 109 Å². The van der Waals surface area contributed by atoms with Crippen molar-refractivity contribution in [1.29, 1.82) is 0 Å². The van der Waals surface area contributed by atoms with Crippen LogP contribution in [0.4, 0.5) is 13.2 Å². The lowest BCUT2D eigenvalue weighted by Crippen LogP contribution is -2.20. The molecule has 1 amide bonds. The summed E-state index contributed by atoms with van der Waals surface area (Å²) < 4.78 is 36.9. The Morgan fingerprint density at radius 2 is 1.95 bits per heavy atom. The minimum atomic E-state index is -4.32. The molecule has 0 fully saturated rings. The van der Waals surface area contributed by atoms with Crippen LogP contribution in [0.3, 0.4) is 0 Å². The molecule has 0 saturated carbocycles. The molecule has 3 nitrogen and oxygen atoms in total. The summed E-state index contributed by atoms with van der Waals surface area (Å²) in [5.41, 5.74) is 2.15. The maximum absolute atomic E-state index is 12.3. The molecule has 0 heterocycles. The zero-order chi connectivity index (χ0) is 14.3. The first-order valence-corrected chi connectivity index (χ1v) is 5.59. The largest absolute Gasteiger partial charge is 0.416 e. The van der Waals surface area contributed by atoms with Crippen molar-refractivity contribution in [1.82, 2.24) is 5.48 Å². The van der Waals surface area contributed by atoms with Crippen molar-refractivity contribution < 1.29 is 22.8 Å². The van der Waals surface area contributed by atoms with Crippen LogP contribution in [0.5, 0.6) is 0 Å². The lowest BCUT2D eigenvalue weighted by Gasteiger charge is -2.05. The van der Waals surface area contributed by atoms with Crippen LogP contribution in [0.2, 0.25) is 0 Å². The number of hydrogen-bond acceptors (Lipinski definition) is 2. The summed E-state index contributed by atoms with van der Waals surface area (Å²) in [7, 11) is 1.34. The summed E-state index contributed by atoms with van der Waals surface area (Å²) in [5.74, 6) is -0.250. The number of hydroxylamine groups is 1. The third-order valence-corrected chi connectivity index (χ3v) is 2.30. The summed E-state index contributed by atoms with van der Waals surface area (Å²) in [5, 5.41) is 0. The van der Waals surface area contributed by atoms with Crippen molar-refractivity contribution in [2.24, 2.45) is 0 Å². The fourth-order valence-electron chi connectivity index (χ4n) is 1.38. The molecule has 0 aromatic heterocycles. The molecule has 1 rings (SSSR count). The van der Waals surface area contributed by atoms with Crippen molar-refractivity contribution in [3.63, 3.8) is 0 Å². The molecule has 1 aromatic rings. The van der Waals surface area contributed by atoms with E-state index in [1.165, 1.54) is 19.2 Å². The van der Waals surface area contributed by atoms with E-state index < -0.39 is 11.7 Å². The van der Waals surface area contributed by atoms with E-state index in [2.05, 4.69) is 10.3 Å². The number of hydrogen-bond donors (Lipinski definition) is 1. The monoisotopic (exact) mass is 273 g/mol. The second kappa shape index (κ2) is 6.94. The van der Waals surface area contributed by atoms with Gasteiger partial charge in [-0.25, -0.2) is 5.48 Å². The molecule has 6 heteroatoms. The van der Waals surface area contributed by atoms with Crippen LogP contribution in [0.25, 0.3) is 6.08 Å². The Bertz CT molecular complexity index is 438. The van der Waals surface area contributed by atoms with Gasteiger partial charge in [-0.3, -0.25) is 9.63 Å². The normalized spacial score (nSPS) is 11.8. The third kappa shape index (κ3) is 5.56. The number of nitrogens with one attached hydrogen (secondary N) is 1. The lowest BCUT2D eigenvalue weighted by atomic mass is 10.1. The molecular weight excluding hydrogens is 259 g/mol. The van der Waals surface area contributed by atoms with Gasteiger partial charge in [-0.05, 0) is 24.1 Å². The quantitative estimate of drug-likeness (QED) is 0.837. The lowest BCUT2D eigenvalue weighted by molar-refractivity contribution is -0.137. The number of halogens is 3. The maximum atomic E-state index is 12.3. The first-order valence-electron chi connectivity index (χ1n) is 5.59. The molecule has 0 radical (unpaired) electrons. The van der Waals surface area contributed by atoms with Crippen LogP contribution in [-0.2, 0) is 15.8 Å². The van der Waals surface area contributed by atoms with Gasteiger partial charge in [0.1, 0.15) is 0 Å². The zero-order valence-electron chi connectivity index (χ0n) is 10.3. The molecule has 1 aromatic carbocycles. The Morgan fingerprint density at radius 3 is 2.47 bits per heavy atom. The van der Waals surface area contributed by atoms with Crippen molar-refractivity contribution in [2.75, 3.05) is 7.11 Å². The molecule has 0 atom stereocenters. The average molecular weight is 273 g/mol. The predicted molar refractivity (Wildman–Crippen MR) is 64.9 cm³/mol.